The van der Waals surface area contributed by atoms with Crippen LogP contribution >= 0.6 is 0 Å². The number of benzene rings is 1. The number of carboxylic acid groups (broad SMARTS) is 1. The molecule has 2 rings (SSSR count). The average molecular weight is 213 g/mol. The molecule has 5 nitrogen and oxygen atoms in total. The van der Waals surface area contributed by atoms with E-state index in [0.717, 1.165) is 0 Å². The van der Waals surface area contributed by atoms with Crippen molar-refractivity contribution in [2.24, 2.45) is 0 Å². The van der Waals surface area contributed by atoms with Crippen LogP contribution in [0.25, 0.3) is 11.1 Å². The van der Waals surface area contributed by atoms with Crippen LogP contribution in [0.4, 0.5) is 6.01 Å². The van der Waals surface area contributed by atoms with Gasteiger partial charge in [0.25, 0.3) is 6.01 Å². The SMILES string of the molecule is CN(C)c1nc2c(C(=O)O)cccc2o1.[Li]. The smallest absolute Gasteiger partial charge is 0.338 e. The van der Waals surface area contributed by atoms with Crippen LogP contribution in [-0.2, 0) is 0 Å². The summed E-state index contributed by atoms with van der Waals surface area (Å²) >= 11 is 0. The molecular formula is C10H10LiN2O3. The zero-order chi connectivity index (χ0) is 11.0. The summed E-state index contributed by atoms with van der Waals surface area (Å²) in [5.41, 5.74) is 1.02. The zero-order valence-corrected chi connectivity index (χ0v) is 9.39. The Bertz CT molecular complexity index is 522. The quantitative estimate of drug-likeness (QED) is 0.759. The Labute approximate surface area is 104 Å². The molecular weight excluding hydrogens is 203 g/mol. The molecule has 0 aliphatic carbocycles. The number of fused-ring (bicyclic) bond motifs is 1. The Morgan fingerprint density at radius 2 is 2.12 bits per heavy atom. The summed E-state index contributed by atoms with van der Waals surface area (Å²) in [6.07, 6.45) is 0. The second kappa shape index (κ2) is 4.60. The van der Waals surface area contributed by atoms with Crippen molar-refractivity contribution in [2.75, 3.05) is 19.0 Å². The second-order valence-corrected chi connectivity index (χ2v) is 3.35. The van der Waals surface area contributed by atoms with Gasteiger partial charge in [0, 0.05) is 33.0 Å². The minimum atomic E-state index is -1.00. The fourth-order valence-electron chi connectivity index (χ4n) is 1.30. The van der Waals surface area contributed by atoms with Gasteiger partial charge in [0.1, 0.15) is 5.52 Å². The Morgan fingerprint density at radius 3 is 2.69 bits per heavy atom. The van der Waals surface area contributed by atoms with Crippen molar-refractivity contribution in [3.8, 4) is 0 Å². The maximum atomic E-state index is 10.9. The zero-order valence-electron chi connectivity index (χ0n) is 9.39. The predicted octanol–water partition coefficient (Wildman–Crippen LogP) is 1.21. The molecule has 0 fully saturated rings. The molecule has 1 aromatic heterocycles. The molecule has 1 heterocycles. The number of carbonyl (C=O) groups is 1. The van der Waals surface area contributed by atoms with E-state index in [1.54, 1.807) is 31.1 Å². The molecule has 1 radical (unpaired) electrons. The summed E-state index contributed by atoms with van der Waals surface area (Å²) in [6, 6.07) is 5.24. The van der Waals surface area contributed by atoms with E-state index in [4.69, 9.17) is 9.52 Å². The number of hydrogen-bond donors (Lipinski definition) is 1. The van der Waals surface area contributed by atoms with Crippen LogP contribution < -0.4 is 4.90 Å². The largest absolute Gasteiger partial charge is 0.478 e. The Hall–Kier alpha value is -1.44. The molecule has 1 N–H and O–H groups in total. The minimum absolute atomic E-state index is 0. The van der Waals surface area contributed by atoms with Crippen LogP contribution in [0.15, 0.2) is 22.6 Å². The molecule has 0 saturated heterocycles. The van der Waals surface area contributed by atoms with Gasteiger partial charge in [0.05, 0.1) is 5.56 Å². The van der Waals surface area contributed by atoms with Crippen LogP contribution in [0.3, 0.4) is 0 Å². The third-order valence-electron chi connectivity index (χ3n) is 2.02. The van der Waals surface area contributed by atoms with E-state index >= 15 is 0 Å². The standard InChI is InChI=1S/C10H10N2O3.Li/c1-12(2)10-11-8-6(9(13)14)4-3-5-7(8)15-10;/h3-5H,1-2H3,(H,13,14);. The molecule has 0 aliphatic heterocycles. The van der Waals surface area contributed by atoms with Crippen LogP contribution in [-0.4, -0.2) is 49.0 Å². The van der Waals surface area contributed by atoms with E-state index in [1.807, 2.05) is 0 Å². The number of hydrogen-bond acceptors (Lipinski definition) is 4. The maximum absolute atomic E-state index is 10.9. The molecule has 2 aromatic rings. The maximum Gasteiger partial charge on any atom is 0.338 e. The topological polar surface area (TPSA) is 66.6 Å². The molecule has 0 amide bonds. The van der Waals surface area contributed by atoms with Gasteiger partial charge in [-0.25, -0.2) is 4.79 Å². The van der Waals surface area contributed by atoms with Crippen LogP contribution in [0, 0.1) is 0 Å². The number of aromatic carboxylic acids is 1. The van der Waals surface area contributed by atoms with Crippen LogP contribution in [0.2, 0.25) is 0 Å². The second-order valence-electron chi connectivity index (χ2n) is 3.35. The van der Waals surface area contributed by atoms with Gasteiger partial charge in [-0.15, -0.1) is 0 Å². The van der Waals surface area contributed by atoms with Crippen molar-refractivity contribution >= 4 is 41.9 Å². The first-order valence-electron chi connectivity index (χ1n) is 4.40. The van der Waals surface area contributed by atoms with Gasteiger partial charge in [0.15, 0.2) is 5.58 Å². The third kappa shape index (κ3) is 2.06. The minimum Gasteiger partial charge on any atom is -0.478 e. The number of aromatic nitrogens is 1. The number of anilines is 1. The Morgan fingerprint density at radius 1 is 1.44 bits per heavy atom. The third-order valence-corrected chi connectivity index (χ3v) is 2.02. The first kappa shape index (κ1) is 12.6. The van der Waals surface area contributed by atoms with E-state index in [9.17, 15) is 4.79 Å². The molecule has 0 bridgehead atoms. The van der Waals surface area contributed by atoms with Crippen molar-refractivity contribution in [1.29, 1.82) is 0 Å². The Kier molecular flexibility index (Phi) is 3.63. The normalized spacial score (nSPS) is 9.88. The van der Waals surface area contributed by atoms with Crippen molar-refractivity contribution < 1.29 is 14.3 Å². The molecule has 79 valence electrons. The van der Waals surface area contributed by atoms with E-state index < -0.39 is 5.97 Å². The van der Waals surface area contributed by atoms with Crippen molar-refractivity contribution in [1.82, 2.24) is 4.98 Å². The Balaban J connectivity index is 0.00000128. The number of rotatable bonds is 2. The summed E-state index contributed by atoms with van der Waals surface area (Å²) in [6.45, 7) is 0. The molecule has 16 heavy (non-hydrogen) atoms. The molecule has 0 aliphatic rings. The fraction of sp³-hybridized carbons (Fsp3) is 0.200. The molecule has 1 aromatic carbocycles. The number of para-hydroxylation sites is 1. The predicted molar refractivity (Wildman–Crippen MR) is 61.0 cm³/mol. The summed E-state index contributed by atoms with van der Waals surface area (Å²) < 4.78 is 5.37. The van der Waals surface area contributed by atoms with Crippen molar-refractivity contribution in [2.45, 2.75) is 0 Å². The fourth-order valence-corrected chi connectivity index (χ4v) is 1.30. The van der Waals surface area contributed by atoms with Gasteiger partial charge in [-0.2, -0.15) is 4.98 Å². The van der Waals surface area contributed by atoms with E-state index in [-0.39, 0.29) is 24.4 Å². The van der Waals surface area contributed by atoms with Gasteiger partial charge < -0.3 is 14.4 Å². The number of nitrogens with zero attached hydrogens (tertiary/aromatic N) is 2. The summed E-state index contributed by atoms with van der Waals surface area (Å²) in [5.74, 6) is -1.00. The summed E-state index contributed by atoms with van der Waals surface area (Å²) in [5, 5.41) is 8.94. The van der Waals surface area contributed by atoms with Crippen molar-refractivity contribution in [3.63, 3.8) is 0 Å². The molecule has 6 heteroatoms. The van der Waals surface area contributed by atoms with E-state index in [1.165, 1.54) is 6.07 Å². The van der Waals surface area contributed by atoms with Crippen LogP contribution in [0.1, 0.15) is 10.4 Å². The molecule has 0 unspecified atom stereocenters. The first-order valence-corrected chi connectivity index (χ1v) is 4.40. The van der Waals surface area contributed by atoms with E-state index in [2.05, 4.69) is 4.98 Å². The number of carboxylic acids is 1. The van der Waals surface area contributed by atoms with Crippen LogP contribution in [0.5, 0.6) is 0 Å². The van der Waals surface area contributed by atoms with Gasteiger partial charge in [-0.05, 0) is 12.1 Å². The monoisotopic (exact) mass is 213 g/mol. The van der Waals surface area contributed by atoms with E-state index in [0.29, 0.717) is 17.1 Å². The number of oxazole rings is 1. The van der Waals surface area contributed by atoms with Gasteiger partial charge in [-0.1, -0.05) is 6.07 Å². The first-order chi connectivity index (χ1) is 7.09. The molecule has 0 saturated carbocycles. The summed E-state index contributed by atoms with van der Waals surface area (Å²) in [4.78, 5) is 16.7. The van der Waals surface area contributed by atoms with Gasteiger partial charge >= 0.3 is 5.97 Å². The molecule has 0 atom stereocenters. The summed E-state index contributed by atoms with van der Waals surface area (Å²) in [7, 11) is 3.57. The van der Waals surface area contributed by atoms with Crippen molar-refractivity contribution in [3.05, 3.63) is 23.8 Å². The molecule has 0 spiro atoms. The van der Waals surface area contributed by atoms with Gasteiger partial charge in [-0.3, -0.25) is 0 Å². The van der Waals surface area contributed by atoms with Gasteiger partial charge in [0.2, 0.25) is 0 Å². The average Bonchev–Trinajstić information content (AvgIpc) is 2.60.